The number of hydrogen-bond acceptors (Lipinski definition) is 5. The first-order chi connectivity index (χ1) is 19.5. The fraction of sp³-hybridized carbons (Fsp3) is 0.500. The Morgan fingerprint density at radius 2 is 1.80 bits per heavy atom. The molecule has 0 saturated carbocycles. The topological polar surface area (TPSA) is 76.7 Å². The first kappa shape index (κ1) is 31.0. The minimum atomic E-state index is -4.23. The van der Waals surface area contributed by atoms with Crippen molar-refractivity contribution >= 4 is 34.8 Å². The molecule has 2 aliphatic rings. The van der Waals surface area contributed by atoms with Gasteiger partial charge in [-0.1, -0.05) is 17.7 Å². The minimum Gasteiger partial charge on any atom is -0.367 e. The zero-order chi connectivity index (χ0) is 29.6. The van der Waals surface area contributed by atoms with Crippen molar-refractivity contribution in [3.8, 4) is 0 Å². The molecule has 1 unspecified atom stereocenters. The molecule has 0 aliphatic carbocycles. The number of halogens is 6. The van der Waals surface area contributed by atoms with Crippen molar-refractivity contribution in [1.29, 1.82) is 0 Å². The van der Waals surface area contributed by atoms with Gasteiger partial charge in [-0.25, -0.2) is 8.78 Å². The summed E-state index contributed by atoms with van der Waals surface area (Å²) in [7, 11) is 0. The summed E-state index contributed by atoms with van der Waals surface area (Å²) in [5.41, 5.74) is 0.396. The molecule has 1 atom stereocenters. The number of alkyl halides is 3. The van der Waals surface area contributed by atoms with Gasteiger partial charge in [-0.3, -0.25) is 14.5 Å². The van der Waals surface area contributed by atoms with E-state index < -0.39 is 35.7 Å². The molecular formula is C28H33ClF5N5O2. The van der Waals surface area contributed by atoms with Crippen LogP contribution in [-0.4, -0.2) is 75.2 Å². The Labute approximate surface area is 240 Å². The van der Waals surface area contributed by atoms with Gasteiger partial charge in [0.25, 0.3) is 5.91 Å². The Bertz CT molecular complexity index is 1230. The summed E-state index contributed by atoms with van der Waals surface area (Å²) in [6.45, 7) is 3.06. The predicted molar refractivity (Wildman–Crippen MR) is 147 cm³/mol. The van der Waals surface area contributed by atoms with E-state index in [2.05, 4.69) is 16.0 Å². The smallest absolute Gasteiger partial charge is 0.367 e. The molecule has 0 spiro atoms. The largest absolute Gasteiger partial charge is 0.390 e. The number of carbonyl (C=O) groups excluding carboxylic acids is 2. The van der Waals surface area contributed by atoms with Gasteiger partial charge in [0.05, 0.1) is 29.3 Å². The second-order valence-corrected chi connectivity index (χ2v) is 10.7. The molecule has 0 bridgehead atoms. The summed E-state index contributed by atoms with van der Waals surface area (Å²) in [4.78, 5) is 28.8. The van der Waals surface area contributed by atoms with E-state index in [0.717, 1.165) is 19.4 Å². The second kappa shape index (κ2) is 13.8. The number of carbonyl (C=O) groups is 2. The predicted octanol–water partition coefficient (Wildman–Crippen LogP) is 4.60. The third-order valence-electron chi connectivity index (χ3n) is 7.40. The van der Waals surface area contributed by atoms with Crippen LogP contribution < -0.4 is 20.9 Å². The molecule has 224 valence electrons. The van der Waals surface area contributed by atoms with Gasteiger partial charge in [0.1, 0.15) is 0 Å². The number of amides is 2. The lowest BCUT2D eigenvalue weighted by molar-refractivity contribution is -0.138. The Hall–Kier alpha value is -2.96. The molecule has 0 aromatic heterocycles. The molecule has 4 rings (SSSR count). The third kappa shape index (κ3) is 8.52. The van der Waals surface area contributed by atoms with Crippen molar-refractivity contribution in [2.75, 3.05) is 62.6 Å². The Kier molecular flexibility index (Phi) is 10.4. The summed E-state index contributed by atoms with van der Waals surface area (Å²) in [6.07, 6.45) is -3.37. The van der Waals surface area contributed by atoms with Gasteiger partial charge >= 0.3 is 6.18 Å². The van der Waals surface area contributed by atoms with E-state index >= 15 is 0 Å². The molecule has 2 heterocycles. The quantitative estimate of drug-likeness (QED) is 0.366. The van der Waals surface area contributed by atoms with E-state index in [9.17, 15) is 31.5 Å². The fourth-order valence-electron chi connectivity index (χ4n) is 5.06. The number of hydrogen-bond donors (Lipinski definition) is 3. The van der Waals surface area contributed by atoms with Crippen molar-refractivity contribution in [2.45, 2.75) is 31.9 Å². The number of nitrogens with zero attached hydrogens (tertiary/aromatic N) is 2. The van der Waals surface area contributed by atoms with E-state index in [0.29, 0.717) is 49.1 Å². The molecule has 7 nitrogen and oxygen atoms in total. The highest BCUT2D eigenvalue weighted by atomic mass is 35.5. The average molecular weight is 602 g/mol. The lowest BCUT2D eigenvalue weighted by Crippen LogP contribution is -2.47. The van der Waals surface area contributed by atoms with E-state index in [1.54, 1.807) is 17.0 Å². The van der Waals surface area contributed by atoms with E-state index in [1.165, 1.54) is 18.2 Å². The van der Waals surface area contributed by atoms with E-state index in [1.807, 2.05) is 4.90 Å². The highest BCUT2D eigenvalue weighted by Crippen LogP contribution is 2.31. The summed E-state index contributed by atoms with van der Waals surface area (Å²) in [6, 6.07) is 7.21. The van der Waals surface area contributed by atoms with Crippen molar-refractivity contribution in [3.05, 3.63) is 58.1 Å². The van der Waals surface area contributed by atoms with Crippen molar-refractivity contribution < 1.29 is 31.5 Å². The Balaban J connectivity index is 1.37. The monoisotopic (exact) mass is 601 g/mol. The molecule has 2 aromatic rings. The number of rotatable bonds is 9. The highest BCUT2D eigenvalue weighted by molar-refractivity contribution is 6.31. The zero-order valence-corrected chi connectivity index (χ0v) is 23.2. The maximum absolute atomic E-state index is 15.0. The Morgan fingerprint density at radius 1 is 1.05 bits per heavy atom. The van der Waals surface area contributed by atoms with Crippen molar-refractivity contribution in [1.82, 2.24) is 15.5 Å². The molecule has 13 heteroatoms. The maximum Gasteiger partial charge on any atom is 0.390 e. The molecule has 2 amide bonds. The van der Waals surface area contributed by atoms with Gasteiger partial charge in [-0.2, -0.15) is 13.2 Å². The van der Waals surface area contributed by atoms with Crippen LogP contribution in [0, 0.1) is 17.6 Å². The van der Waals surface area contributed by atoms with Crippen LogP contribution >= 0.6 is 11.6 Å². The molecule has 2 fully saturated rings. The van der Waals surface area contributed by atoms with Gasteiger partial charge in [0.15, 0.2) is 11.6 Å². The molecule has 2 aromatic carbocycles. The lowest BCUT2D eigenvalue weighted by atomic mass is 9.99. The van der Waals surface area contributed by atoms with Crippen LogP contribution in [0.4, 0.5) is 33.3 Å². The normalized spacial score (nSPS) is 18.3. The number of anilines is 2. The van der Waals surface area contributed by atoms with Crippen LogP contribution in [0.5, 0.6) is 0 Å². The Morgan fingerprint density at radius 3 is 2.49 bits per heavy atom. The first-order valence-electron chi connectivity index (χ1n) is 13.6. The molecular weight excluding hydrogens is 569 g/mol. The number of piperidine rings is 1. The first-order valence-corrected chi connectivity index (χ1v) is 14.0. The number of benzene rings is 2. The molecule has 41 heavy (non-hydrogen) atoms. The summed E-state index contributed by atoms with van der Waals surface area (Å²) < 4.78 is 67.5. The molecule has 3 N–H and O–H groups in total. The van der Waals surface area contributed by atoms with Crippen LogP contribution in [0.2, 0.25) is 5.02 Å². The van der Waals surface area contributed by atoms with Gasteiger partial charge in [0.2, 0.25) is 5.91 Å². The van der Waals surface area contributed by atoms with Gasteiger partial charge in [-0.05, 0) is 55.6 Å². The number of piperazine rings is 1. The molecule has 2 aliphatic heterocycles. The SMILES string of the molecule is O=C(Nc1ccc(Cl)cc1N1CCN(CCC(F)(F)F)CC1)c1ccc(CCNC(=O)C2CCCNC2)c(F)c1F. The summed E-state index contributed by atoms with van der Waals surface area (Å²) in [5.74, 6) is -3.59. The molecule has 2 saturated heterocycles. The van der Waals surface area contributed by atoms with Crippen LogP contribution in [0.3, 0.4) is 0 Å². The fourth-order valence-corrected chi connectivity index (χ4v) is 5.22. The maximum atomic E-state index is 15.0. The minimum absolute atomic E-state index is 0.0386. The molecule has 0 radical (unpaired) electrons. The average Bonchev–Trinajstić information content (AvgIpc) is 2.95. The van der Waals surface area contributed by atoms with E-state index in [4.69, 9.17) is 11.6 Å². The van der Waals surface area contributed by atoms with Crippen molar-refractivity contribution in [2.24, 2.45) is 5.92 Å². The zero-order valence-electron chi connectivity index (χ0n) is 22.4. The summed E-state index contributed by atoms with van der Waals surface area (Å²) >= 11 is 6.17. The van der Waals surface area contributed by atoms with Gasteiger partial charge in [-0.15, -0.1) is 0 Å². The summed E-state index contributed by atoms with van der Waals surface area (Å²) in [5, 5.41) is 8.92. The lowest BCUT2D eigenvalue weighted by Gasteiger charge is -2.37. The third-order valence-corrected chi connectivity index (χ3v) is 7.64. The van der Waals surface area contributed by atoms with Gasteiger partial charge in [0, 0.05) is 50.8 Å². The highest BCUT2D eigenvalue weighted by Gasteiger charge is 2.29. The second-order valence-electron chi connectivity index (χ2n) is 10.3. The van der Waals surface area contributed by atoms with Crippen LogP contribution in [0.1, 0.15) is 35.2 Å². The van der Waals surface area contributed by atoms with Crippen LogP contribution in [-0.2, 0) is 11.2 Å². The van der Waals surface area contributed by atoms with Crippen LogP contribution in [0.25, 0.3) is 0 Å². The van der Waals surface area contributed by atoms with Gasteiger partial charge < -0.3 is 20.9 Å². The van der Waals surface area contributed by atoms with Crippen LogP contribution in [0.15, 0.2) is 30.3 Å². The van der Waals surface area contributed by atoms with E-state index in [-0.39, 0.29) is 36.9 Å². The number of nitrogens with one attached hydrogen (secondary N) is 3. The standard InChI is InChI=1S/C28H33ClF5N5O2/c29-20-4-6-22(23(16-20)39-14-12-38(13-15-39)11-8-28(32,33)34)37-27(41)21-5-3-18(24(30)25(21)31)7-10-36-26(40)19-2-1-9-35-17-19/h3-6,16,19,35H,1-2,7-15,17H2,(H,36,40)(H,37,41). The van der Waals surface area contributed by atoms with Crippen molar-refractivity contribution in [3.63, 3.8) is 0 Å².